The van der Waals surface area contributed by atoms with Crippen molar-refractivity contribution in [1.82, 2.24) is 4.90 Å². The lowest BCUT2D eigenvalue weighted by Gasteiger charge is -2.25. The van der Waals surface area contributed by atoms with E-state index in [1.165, 1.54) is 4.88 Å². The summed E-state index contributed by atoms with van der Waals surface area (Å²) < 4.78 is 5.94. The molecule has 0 saturated heterocycles. The molecular formula is C10H17ClN2OS. The average molecular weight is 249 g/mol. The van der Waals surface area contributed by atoms with Crippen LogP contribution in [0.15, 0.2) is 12.1 Å². The van der Waals surface area contributed by atoms with Crippen LogP contribution in [0.25, 0.3) is 0 Å². The quantitative estimate of drug-likeness (QED) is 0.835. The summed E-state index contributed by atoms with van der Waals surface area (Å²) in [6.45, 7) is 2.12. The summed E-state index contributed by atoms with van der Waals surface area (Å²) in [6, 6.07) is 4.23. The Morgan fingerprint density at radius 1 is 1.60 bits per heavy atom. The average Bonchev–Trinajstić information content (AvgIpc) is 2.60. The summed E-state index contributed by atoms with van der Waals surface area (Å²) in [5, 5.41) is 0. The molecule has 0 spiro atoms. The van der Waals surface area contributed by atoms with Gasteiger partial charge in [-0.1, -0.05) is 11.6 Å². The van der Waals surface area contributed by atoms with Crippen molar-refractivity contribution in [3.05, 3.63) is 21.3 Å². The Hall–Kier alpha value is -0.130. The second-order valence-corrected chi connectivity index (χ2v) is 5.27. The molecule has 0 aliphatic heterocycles. The zero-order valence-electron chi connectivity index (χ0n) is 9.07. The fraction of sp³-hybridized carbons (Fsp3) is 0.600. The van der Waals surface area contributed by atoms with E-state index < -0.39 is 0 Å². The largest absolute Gasteiger partial charge is 0.383 e. The van der Waals surface area contributed by atoms with Gasteiger partial charge in [0.2, 0.25) is 0 Å². The third-order valence-corrected chi connectivity index (χ3v) is 3.50. The van der Waals surface area contributed by atoms with E-state index in [-0.39, 0.29) is 6.04 Å². The Bertz CT molecular complexity index is 293. The van der Waals surface area contributed by atoms with Gasteiger partial charge in [-0.3, -0.25) is 4.90 Å². The molecule has 0 aromatic carbocycles. The van der Waals surface area contributed by atoms with E-state index in [0.29, 0.717) is 13.2 Å². The summed E-state index contributed by atoms with van der Waals surface area (Å²) in [5.41, 5.74) is 5.67. The number of nitrogens with two attached hydrogens (primary N) is 1. The molecule has 0 saturated carbocycles. The van der Waals surface area contributed by atoms with Gasteiger partial charge in [0.15, 0.2) is 0 Å². The number of thiophene rings is 1. The van der Waals surface area contributed by atoms with E-state index in [1.807, 2.05) is 19.2 Å². The first-order valence-corrected chi connectivity index (χ1v) is 6.00. The third kappa shape index (κ3) is 4.09. The van der Waals surface area contributed by atoms with Crippen LogP contribution in [0.5, 0.6) is 0 Å². The molecule has 0 aliphatic rings. The van der Waals surface area contributed by atoms with Gasteiger partial charge in [0, 0.05) is 31.1 Å². The maximum atomic E-state index is 5.87. The molecule has 1 aromatic rings. The molecule has 5 heteroatoms. The Balaban J connectivity index is 2.49. The van der Waals surface area contributed by atoms with Crippen LogP contribution in [0.4, 0.5) is 0 Å². The summed E-state index contributed by atoms with van der Waals surface area (Å²) in [4.78, 5) is 3.43. The van der Waals surface area contributed by atoms with Crippen LogP contribution >= 0.6 is 22.9 Å². The minimum Gasteiger partial charge on any atom is -0.383 e. The minimum atomic E-state index is 0.260. The first-order valence-electron chi connectivity index (χ1n) is 4.80. The summed E-state index contributed by atoms with van der Waals surface area (Å²) in [7, 11) is 3.74. The Morgan fingerprint density at radius 3 is 2.80 bits per heavy atom. The number of halogens is 1. The smallest absolute Gasteiger partial charge is 0.0931 e. The van der Waals surface area contributed by atoms with Crippen molar-refractivity contribution >= 4 is 22.9 Å². The molecule has 0 bridgehead atoms. The maximum Gasteiger partial charge on any atom is 0.0931 e. The molecule has 1 rings (SSSR count). The van der Waals surface area contributed by atoms with Crippen LogP contribution < -0.4 is 5.73 Å². The van der Waals surface area contributed by atoms with Gasteiger partial charge in [0.25, 0.3) is 0 Å². The van der Waals surface area contributed by atoms with E-state index >= 15 is 0 Å². The fourth-order valence-corrected chi connectivity index (χ4v) is 2.53. The highest BCUT2D eigenvalue weighted by Gasteiger charge is 2.13. The molecule has 0 aliphatic carbocycles. The molecule has 1 heterocycles. The highest BCUT2D eigenvalue weighted by molar-refractivity contribution is 7.16. The zero-order valence-corrected chi connectivity index (χ0v) is 10.6. The van der Waals surface area contributed by atoms with E-state index in [0.717, 1.165) is 10.9 Å². The monoisotopic (exact) mass is 248 g/mol. The van der Waals surface area contributed by atoms with Crippen molar-refractivity contribution < 1.29 is 4.74 Å². The highest BCUT2D eigenvalue weighted by Crippen LogP contribution is 2.22. The number of hydrogen-bond donors (Lipinski definition) is 1. The van der Waals surface area contributed by atoms with Crippen molar-refractivity contribution in [1.29, 1.82) is 0 Å². The van der Waals surface area contributed by atoms with E-state index in [1.54, 1.807) is 18.4 Å². The number of hydrogen-bond acceptors (Lipinski definition) is 4. The number of rotatable bonds is 6. The molecule has 2 N–H and O–H groups in total. The first kappa shape index (κ1) is 12.9. The van der Waals surface area contributed by atoms with Gasteiger partial charge < -0.3 is 10.5 Å². The Morgan fingerprint density at radius 2 is 2.33 bits per heavy atom. The SMILES string of the molecule is COCC(CN)N(C)Cc1ccc(Cl)s1. The van der Waals surface area contributed by atoms with Gasteiger partial charge in [0.05, 0.1) is 10.9 Å². The molecule has 15 heavy (non-hydrogen) atoms. The predicted molar refractivity (Wildman–Crippen MR) is 65.5 cm³/mol. The van der Waals surface area contributed by atoms with Crippen molar-refractivity contribution in [2.75, 3.05) is 27.3 Å². The van der Waals surface area contributed by atoms with Crippen LogP contribution in [0, 0.1) is 0 Å². The highest BCUT2D eigenvalue weighted by atomic mass is 35.5. The second kappa shape index (κ2) is 6.45. The lowest BCUT2D eigenvalue weighted by Crippen LogP contribution is -2.40. The predicted octanol–water partition coefficient (Wildman–Crippen LogP) is 1.81. The van der Waals surface area contributed by atoms with Crippen LogP contribution in [0.1, 0.15) is 4.88 Å². The van der Waals surface area contributed by atoms with E-state index in [4.69, 9.17) is 22.1 Å². The summed E-state index contributed by atoms with van der Waals surface area (Å²) in [5.74, 6) is 0. The normalized spacial score (nSPS) is 13.4. The van der Waals surface area contributed by atoms with Crippen molar-refractivity contribution in [3.8, 4) is 0 Å². The van der Waals surface area contributed by atoms with Crippen LogP contribution in [0.2, 0.25) is 4.34 Å². The maximum absolute atomic E-state index is 5.87. The van der Waals surface area contributed by atoms with E-state index in [2.05, 4.69) is 4.90 Å². The molecule has 86 valence electrons. The number of nitrogens with zero attached hydrogens (tertiary/aromatic N) is 1. The second-order valence-electron chi connectivity index (χ2n) is 3.47. The lowest BCUT2D eigenvalue weighted by atomic mass is 10.2. The standard InChI is InChI=1S/C10H17ClN2OS/c1-13(8(5-12)7-14-2)6-9-3-4-10(11)15-9/h3-4,8H,5-7,12H2,1-2H3. The van der Waals surface area contributed by atoms with Gasteiger partial charge in [-0.25, -0.2) is 0 Å². The fourth-order valence-electron chi connectivity index (χ4n) is 1.38. The Labute approximate surface area is 99.8 Å². The molecule has 0 fully saturated rings. The molecular weight excluding hydrogens is 232 g/mol. The van der Waals surface area contributed by atoms with Gasteiger partial charge in [-0.15, -0.1) is 11.3 Å². The molecule has 1 aromatic heterocycles. The minimum absolute atomic E-state index is 0.260. The van der Waals surface area contributed by atoms with Crippen molar-refractivity contribution in [2.45, 2.75) is 12.6 Å². The van der Waals surface area contributed by atoms with Gasteiger partial charge in [-0.05, 0) is 19.2 Å². The molecule has 1 unspecified atom stereocenters. The first-order chi connectivity index (χ1) is 7.17. The van der Waals surface area contributed by atoms with Gasteiger partial charge >= 0.3 is 0 Å². The van der Waals surface area contributed by atoms with Crippen molar-refractivity contribution in [2.24, 2.45) is 5.73 Å². The summed E-state index contributed by atoms with van der Waals surface area (Å²) >= 11 is 7.47. The van der Waals surface area contributed by atoms with Crippen LogP contribution in [-0.2, 0) is 11.3 Å². The number of methoxy groups -OCH3 is 1. The molecule has 1 atom stereocenters. The van der Waals surface area contributed by atoms with Gasteiger partial charge in [-0.2, -0.15) is 0 Å². The van der Waals surface area contributed by atoms with Crippen LogP contribution in [-0.4, -0.2) is 38.3 Å². The third-order valence-electron chi connectivity index (χ3n) is 2.29. The van der Waals surface area contributed by atoms with Crippen LogP contribution in [0.3, 0.4) is 0 Å². The summed E-state index contributed by atoms with van der Waals surface area (Å²) in [6.07, 6.45) is 0. The zero-order chi connectivity index (χ0) is 11.3. The molecule has 3 nitrogen and oxygen atoms in total. The molecule has 0 amide bonds. The topological polar surface area (TPSA) is 38.5 Å². The van der Waals surface area contributed by atoms with E-state index in [9.17, 15) is 0 Å². The lowest BCUT2D eigenvalue weighted by molar-refractivity contribution is 0.107. The number of ether oxygens (including phenoxy) is 1. The van der Waals surface area contributed by atoms with Crippen molar-refractivity contribution in [3.63, 3.8) is 0 Å². The van der Waals surface area contributed by atoms with Gasteiger partial charge in [0.1, 0.15) is 0 Å². The number of likely N-dealkylation sites (N-methyl/N-ethyl adjacent to an activating group) is 1. The Kier molecular flexibility index (Phi) is 5.56. The molecule has 0 radical (unpaired) electrons.